The zero-order chi connectivity index (χ0) is 17.4. The molecule has 0 heterocycles. The first-order valence-electron chi connectivity index (χ1n) is 9.19. The second-order valence-electron chi connectivity index (χ2n) is 6.66. The minimum Gasteiger partial charge on any atom is -0.493 e. The number of Topliss-reactive ketones (excluding diaryl/α,β-unsaturated/α-hetero) is 1. The molecule has 0 bridgehead atoms. The van der Waals surface area contributed by atoms with E-state index in [0.717, 1.165) is 12.8 Å². The topological polar surface area (TPSA) is 35.5 Å². The third-order valence-corrected chi connectivity index (χ3v) is 4.92. The van der Waals surface area contributed by atoms with Gasteiger partial charge in [0.15, 0.2) is 11.5 Å². The first kappa shape index (κ1) is 18.6. The van der Waals surface area contributed by atoms with Gasteiger partial charge in [0.2, 0.25) is 0 Å². The molecule has 3 heteroatoms. The molecule has 2 rings (SSSR count). The summed E-state index contributed by atoms with van der Waals surface area (Å²) in [5.74, 6) is 2.35. The number of hydrogen-bond acceptors (Lipinski definition) is 3. The van der Waals surface area contributed by atoms with Crippen molar-refractivity contribution in [3.63, 3.8) is 0 Å². The van der Waals surface area contributed by atoms with Crippen molar-refractivity contribution >= 4 is 5.78 Å². The predicted octanol–water partition coefficient (Wildman–Crippen LogP) is 5.54. The Kier molecular flexibility index (Phi) is 7.36. The van der Waals surface area contributed by atoms with E-state index in [1.807, 2.05) is 24.3 Å². The molecule has 1 saturated carbocycles. The monoisotopic (exact) mass is 330 g/mol. The molecular weight excluding hydrogens is 300 g/mol. The standard InChI is InChI=1S/C21H30O3/c1-4-5-6-7-8-11-17-14-15-18(22)21(17)16(2)24-20-13-10-9-12-19(20)23-3/h9-10,12-13,17,21H,2,4-8,11,14-15H2,1,3H3/t17-,21+/m1/s1. The number of benzene rings is 1. The van der Waals surface area contributed by atoms with E-state index in [1.165, 1.54) is 32.1 Å². The highest BCUT2D eigenvalue weighted by Crippen LogP contribution is 2.39. The SMILES string of the molecule is C=C(Oc1ccccc1OC)[C@@H]1C(=O)CC[C@H]1CCCCCCC. The number of para-hydroxylation sites is 2. The molecule has 1 aromatic carbocycles. The quantitative estimate of drug-likeness (QED) is 0.417. The summed E-state index contributed by atoms with van der Waals surface area (Å²) >= 11 is 0. The van der Waals surface area contributed by atoms with Gasteiger partial charge in [0.1, 0.15) is 11.5 Å². The summed E-state index contributed by atoms with van der Waals surface area (Å²) in [6.45, 7) is 6.29. The van der Waals surface area contributed by atoms with Gasteiger partial charge in [0, 0.05) is 6.42 Å². The van der Waals surface area contributed by atoms with Crippen LogP contribution in [0.2, 0.25) is 0 Å². The van der Waals surface area contributed by atoms with Gasteiger partial charge >= 0.3 is 0 Å². The molecule has 1 aliphatic rings. The molecule has 0 aliphatic heterocycles. The van der Waals surface area contributed by atoms with Crippen molar-refractivity contribution in [3.05, 3.63) is 36.6 Å². The number of ketones is 1. The molecule has 0 N–H and O–H groups in total. The molecule has 0 aromatic heterocycles. The Labute approximate surface area is 146 Å². The molecule has 0 unspecified atom stereocenters. The number of unbranched alkanes of at least 4 members (excludes halogenated alkanes) is 4. The summed E-state index contributed by atoms with van der Waals surface area (Å²) in [4.78, 5) is 12.3. The highest BCUT2D eigenvalue weighted by atomic mass is 16.5. The molecular formula is C21H30O3. The maximum Gasteiger partial charge on any atom is 0.168 e. The second kappa shape index (κ2) is 9.51. The van der Waals surface area contributed by atoms with Gasteiger partial charge in [-0.3, -0.25) is 4.79 Å². The van der Waals surface area contributed by atoms with Crippen molar-refractivity contribution in [1.29, 1.82) is 0 Å². The average Bonchev–Trinajstić information content (AvgIpc) is 2.96. The number of carbonyl (C=O) groups is 1. The van der Waals surface area contributed by atoms with Gasteiger partial charge in [-0.2, -0.15) is 0 Å². The van der Waals surface area contributed by atoms with E-state index < -0.39 is 0 Å². The van der Waals surface area contributed by atoms with E-state index in [0.29, 0.717) is 29.6 Å². The fourth-order valence-corrected chi connectivity index (χ4v) is 3.58. The highest BCUT2D eigenvalue weighted by Gasteiger charge is 2.37. The summed E-state index contributed by atoms with van der Waals surface area (Å²) in [5, 5.41) is 0. The molecule has 1 aliphatic carbocycles. The lowest BCUT2D eigenvalue weighted by Gasteiger charge is -2.21. The molecule has 132 valence electrons. The van der Waals surface area contributed by atoms with Gasteiger partial charge in [-0.1, -0.05) is 57.7 Å². The molecule has 0 saturated heterocycles. The molecule has 1 fully saturated rings. The van der Waals surface area contributed by atoms with E-state index in [4.69, 9.17) is 9.47 Å². The summed E-state index contributed by atoms with van der Waals surface area (Å²) in [7, 11) is 1.62. The lowest BCUT2D eigenvalue weighted by Crippen LogP contribution is -2.20. The Morgan fingerprint density at radius 2 is 1.88 bits per heavy atom. The fraction of sp³-hybridized carbons (Fsp3) is 0.571. The van der Waals surface area contributed by atoms with Crippen LogP contribution >= 0.6 is 0 Å². The lowest BCUT2D eigenvalue weighted by molar-refractivity contribution is -0.120. The molecule has 2 atom stereocenters. The largest absolute Gasteiger partial charge is 0.493 e. The Bertz CT molecular complexity index is 550. The van der Waals surface area contributed by atoms with E-state index in [9.17, 15) is 4.79 Å². The van der Waals surface area contributed by atoms with Crippen molar-refractivity contribution in [2.24, 2.45) is 11.8 Å². The molecule has 0 spiro atoms. The van der Waals surface area contributed by atoms with Crippen molar-refractivity contribution in [2.75, 3.05) is 7.11 Å². The van der Waals surface area contributed by atoms with Crippen LogP contribution in [0.25, 0.3) is 0 Å². The van der Waals surface area contributed by atoms with Crippen molar-refractivity contribution in [3.8, 4) is 11.5 Å². The summed E-state index contributed by atoms with van der Waals surface area (Å²) in [6, 6.07) is 7.49. The summed E-state index contributed by atoms with van der Waals surface area (Å²) in [6.07, 6.45) is 9.01. The Hall–Kier alpha value is -1.77. The van der Waals surface area contributed by atoms with Crippen molar-refractivity contribution in [2.45, 2.75) is 58.3 Å². The van der Waals surface area contributed by atoms with E-state index in [1.54, 1.807) is 7.11 Å². The highest BCUT2D eigenvalue weighted by molar-refractivity contribution is 5.85. The maximum absolute atomic E-state index is 12.3. The van der Waals surface area contributed by atoms with Gasteiger partial charge in [0.25, 0.3) is 0 Å². The molecule has 0 radical (unpaired) electrons. The summed E-state index contributed by atoms with van der Waals surface area (Å²) in [5.41, 5.74) is 0. The van der Waals surface area contributed by atoms with Crippen molar-refractivity contribution in [1.82, 2.24) is 0 Å². The predicted molar refractivity (Wildman–Crippen MR) is 97.4 cm³/mol. The van der Waals surface area contributed by atoms with Crippen LogP contribution in [0, 0.1) is 11.8 Å². The number of allylic oxidation sites excluding steroid dienone is 1. The number of carbonyl (C=O) groups excluding carboxylic acids is 1. The normalized spacial score (nSPS) is 20.2. The van der Waals surface area contributed by atoms with Gasteiger partial charge < -0.3 is 9.47 Å². The number of rotatable bonds is 10. The van der Waals surface area contributed by atoms with Crippen LogP contribution in [0.5, 0.6) is 11.5 Å². The zero-order valence-corrected chi connectivity index (χ0v) is 15.1. The second-order valence-corrected chi connectivity index (χ2v) is 6.66. The fourth-order valence-electron chi connectivity index (χ4n) is 3.58. The molecule has 3 nitrogen and oxygen atoms in total. The Balaban J connectivity index is 1.93. The van der Waals surface area contributed by atoms with E-state index >= 15 is 0 Å². The molecule has 0 amide bonds. The third kappa shape index (κ3) is 4.86. The van der Waals surface area contributed by atoms with Crippen LogP contribution in [0.3, 0.4) is 0 Å². The minimum atomic E-state index is -0.166. The Morgan fingerprint density at radius 3 is 2.58 bits per heavy atom. The van der Waals surface area contributed by atoms with Crippen LogP contribution in [0.1, 0.15) is 58.3 Å². The first-order valence-corrected chi connectivity index (χ1v) is 9.19. The van der Waals surface area contributed by atoms with E-state index in [-0.39, 0.29) is 11.7 Å². The lowest BCUT2D eigenvalue weighted by atomic mass is 9.89. The third-order valence-electron chi connectivity index (χ3n) is 4.92. The minimum absolute atomic E-state index is 0.166. The number of methoxy groups -OCH3 is 1. The first-order chi connectivity index (χ1) is 11.7. The van der Waals surface area contributed by atoms with Crippen LogP contribution in [-0.4, -0.2) is 12.9 Å². The molecule has 1 aromatic rings. The molecule has 24 heavy (non-hydrogen) atoms. The van der Waals surface area contributed by atoms with Crippen molar-refractivity contribution < 1.29 is 14.3 Å². The smallest absolute Gasteiger partial charge is 0.168 e. The van der Waals surface area contributed by atoms with E-state index in [2.05, 4.69) is 13.5 Å². The number of hydrogen-bond donors (Lipinski definition) is 0. The van der Waals surface area contributed by atoms with Gasteiger partial charge in [-0.25, -0.2) is 0 Å². The zero-order valence-electron chi connectivity index (χ0n) is 15.1. The Morgan fingerprint density at radius 1 is 1.17 bits per heavy atom. The maximum atomic E-state index is 12.3. The van der Waals surface area contributed by atoms with Crippen LogP contribution < -0.4 is 9.47 Å². The van der Waals surface area contributed by atoms with Crippen LogP contribution in [0.15, 0.2) is 36.6 Å². The van der Waals surface area contributed by atoms with Crippen LogP contribution in [0.4, 0.5) is 0 Å². The van der Waals surface area contributed by atoms with Gasteiger partial charge in [0.05, 0.1) is 13.0 Å². The van der Waals surface area contributed by atoms with Crippen LogP contribution in [-0.2, 0) is 4.79 Å². The number of ether oxygens (including phenoxy) is 2. The van der Waals surface area contributed by atoms with Gasteiger partial charge in [-0.05, 0) is 30.9 Å². The summed E-state index contributed by atoms with van der Waals surface area (Å²) < 4.78 is 11.2. The average molecular weight is 330 g/mol. The van der Waals surface area contributed by atoms with Gasteiger partial charge in [-0.15, -0.1) is 0 Å².